The number of nitrogens with zero attached hydrogens (tertiary/aromatic N) is 1. The van der Waals surface area contributed by atoms with Crippen LogP contribution >= 0.6 is 0 Å². The zero-order valence-electron chi connectivity index (χ0n) is 18.4. The second-order valence-electron chi connectivity index (χ2n) is 8.75. The molecule has 2 aliphatic heterocycles. The summed E-state index contributed by atoms with van der Waals surface area (Å²) in [6.45, 7) is 0. The van der Waals surface area contributed by atoms with E-state index in [1.807, 2.05) is 12.1 Å². The van der Waals surface area contributed by atoms with Crippen LogP contribution in [0.2, 0.25) is 0 Å². The Balaban J connectivity index is 1.71. The number of hydrogen-bond donors (Lipinski definition) is 0. The van der Waals surface area contributed by atoms with E-state index in [9.17, 15) is 0 Å². The van der Waals surface area contributed by atoms with Gasteiger partial charge in [0.1, 0.15) is 11.5 Å². The van der Waals surface area contributed by atoms with Gasteiger partial charge >= 0.3 is 0 Å². The lowest BCUT2D eigenvalue weighted by Gasteiger charge is -2.50. The van der Waals surface area contributed by atoms with E-state index < -0.39 is 0 Å². The molecule has 0 N–H and O–H groups in total. The lowest BCUT2D eigenvalue weighted by molar-refractivity contribution is -0.732. The Hall–Kier alpha value is -3.59. The Morgan fingerprint density at radius 2 is 1.34 bits per heavy atom. The van der Waals surface area contributed by atoms with Crippen molar-refractivity contribution in [2.24, 2.45) is 0 Å². The van der Waals surface area contributed by atoms with Crippen molar-refractivity contribution in [2.75, 3.05) is 14.2 Å². The molecule has 1 aromatic heterocycles. The van der Waals surface area contributed by atoms with Crippen LogP contribution in [0.4, 0.5) is 0 Å². The molecule has 0 radical (unpaired) electrons. The zero-order chi connectivity index (χ0) is 21.7. The summed E-state index contributed by atoms with van der Waals surface area (Å²) in [5.41, 5.74) is 6.54. The molecule has 0 amide bonds. The van der Waals surface area contributed by atoms with Gasteiger partial charge in [0.25, 0.3) is 0 Å². The number of methoxy groups -OCH3 is 2. The Morgan fingerprint density at radius 3 is 2.00 bits per heavy atom. The van der Waals surface area contributed by atoms with Crippen LogP contribution in [0.5, 0.6) is 11.5 Å². The molecule has 0 fully saturated rings. The molecule has 0 spiro atoms. The van der Waals surface area contributed by atoms with Crippen molar-refractivity contribution in [3.63, 3.8) is 0 Å². The summed E-state index contributed by atoms with van der Waals surface area (Å²) in [5, 5.41) is 0. The summed E-state index contributed by atoms with van der Waals surface area (Å²) in [5.74, 6) is 1.96. The number of pyridine rings is 1. The van der Waals surface area contributed by atoms with Crippen molar-refractivity contribution in [3.8, 4) is 11.5 Å². The standard InChI is InChI=1S/C29H26NO2/c1-31-22-11-7-9-20(17-22)29(21-10-8-12-23(18-21)32-2)19-27-24-13-3-4-14-25(24)28(29)26-15-5-6-16-30(26)27/h3-18,27-28H,19H2,1-2H3/q+1/t27-,28+/m1/s1. The second-order valence-corrected chi connectivity index (χ2v) is 8.75. The van der Waals surface area contributed by atoms with Crippen molar-refractivity contribution in [3.05, 3.63) is 125 Å². The number of fused-ring (bicyclic) bond motifs is 1. The second kappa shape index (κ2) is 7.23. The minimum Gasteiger partial charge on any atom is -0.497 e. The van der Waals surface area contributed by atoms with Crippen molar-refractivity contribution in [1.82, 2.24) is 0 Å². The molecule has 7 rings (SSSR count). The number of ether oxygens (including phenoxy) is 2. The molecule has 158 valence electrons. The predicted molar refractivity (Wildman–Crippen MR) is 124 cm³/mol. The first kappa shape index (κ1) is 19.1. The van der Waals surface area contributed by atoms with Gasteiger partial charge in [0, 0.05) is 29.5 Å². The smallest absolute Gasteiger partial charge is 0.190 e. The van der Waals surface area contributed by atoms with Crippen LogP contribution in [0.3, 0.4) is 0 Å². The number of rotatable bonds is 4. The summed E-state index contributed by atoms with van der Waals surface area (Å²) in [4.78, 5) is 0. The van der Waals surface area contributed by atoms with Crippen molar-refractivity contribution >= 4 is 0 Å². The number of aromatic nitrogens is 1. The van der Waals surface area contributed by atoms with E-state index in [1.54, 1.807) is 14.2 Å². The van der Waals surface area contributed by atoms with E-state index in [0.717, 1.165) is 17.9 Å². The first-order valence-corrected chi connectivity index (χ1v) is 11.1. The van der Waals surface area contributed by atoms with Crippen LogP contribution in [0.1, 0.15) is 46.3 Å². The summed E-state index contributed by atoms with van der Waals surface area (Å²) in [6.07, 6.45) is 3.22. The molecule has 32 heavy (non-hydrogen) atoms. The fourth-order valence-electron chi connectivity index (χ4n) is 6.07. The molecule has 2 bridgehead atoms. The first-order chi connectivity index (χ1) is 15.8. The minimum absolute atomic E-state index is 0.184. The quantitative estimate of drug-likeness (QED) is 0.412. The van der Waals surface area contributed by atoms with Crippen LogP contribution < -0.4 is 14.0 Å². The zero-order valence-corrected chi connectivity index (χ0v) is 18.4. The Labute approximate surface area is 188 Å². The fourth-order valence-corrected chi connectivity index (χ4v) is 6.07. The van der Waals surface area contributed by atoms with Gasteiger partial charge in [-0.25, -0.2) is 0 Å². The third-order valence-corrected chi connectivity index (χ3v) is 7.40. The van der Waals surface area contributed by atoms with Crippen molar-refractivity contribution in [2.45, 2.75) is 23.8 Å². The molecule has 4 aromatic rings. The van der Waals surface area contributed by atoms with E-state index >= 15 is 0 Å². The van der Waals surface area contributed by atoms with E-state index in [1.165, 1.54) is 27.9 Å². The highest BCUT2D eigenvalue weighted by atomic mass is 16.5. The van der Waals surface area contributed by atoms with Gasteiger partial charge in [0.15, 0.2) is 17.9 Å². The molecule has 1 aliphatic carbocycles. The van der Waals surface area contributed by atoms with Gasteiger partial charge < -0.3 is 9.47 Å². The van der Waals surface area contributed by atoms with Gasteiger partial charge in [-0.15, -0.1) is 0 Å². The molecule has 0 unspecified atom stereocenters. The summed E-state index contributed by atoms with van der Waals surface area (Å²) in [6, 6.07) is 33.1. The molecule has 0 saturated carbocycles. The molecule has 0 saturated heterocycles. The number of benzene rings is 3. The predicted octanol–water partition coefficient (Wildman–Crippen LogP) is 5.42. The van der Waals surface area contributed by atoms with Crippen LogP contribution in [-0.2, 0) is 5.41 Å². The highest BCUT2D eigenvalue weighted by Gasteiger charge is 2.59. The first-order valence-electron chi connectivity index (χ1n) is 11.1. The van der Waals surface area contributed by atoms with Gasteiger partial charge in [0.2, 0.25) is 0 Å². The topological polar surface area (TPSA) is 22.3 Å². The number of hydrogen-bond acceptors (Lipinski definition) is 2. The maximum Gasteiger partial charge on any atom is 0.190 e. The van der Waals surface area contributed by atoms with Gasteiger partial charge in [0.05, 0.1) is 20.1 Å². The lowest BCUT2D eigenvalue weighted by Crippen LogP contribution is -2.60. The average Bonchev–Trinajstić information content (AvgIpc) is 2.88. The lowest BCUT2D eigenvalue weighted by atomic mass is 9.53. The molecule has 3 heterocycles. The third kappa shape index (κ3) is 2.57. The van der Waals surface area contributed by atoms with Crippen molar-refractivity contribution in [1.29, 1.82) is 0 Å². The van der Waals surface area contributed by atoms with Crippen LogP contribution in [-0.4, -0.2) is 14.2 Å². The van der Waals surface area contributed by atoms with Crippen molar-refractivity contribution < 1.29 is 14.0 Å². The average molecular weight is 421 g/mol. The third-order valence-electron chi connectivity index (χ3n) is 7.40. The minimum atomic E-state index is -0.233. The van der Waals surface area contributed by atoms with Gasteiger partial charge in [-0.05, 0) is 41.0 Å². The van der Waals surface area contributed by atoms with E-state index in [4.69, 9.17) is 9.47 Å². The molecule has 3 nitrogen and oxygen atoms in total. The molecule has 3 aromatic carbocycles. The summed E-state index contributed by atoms with van der Waals surface area (Å²) < 4.78 is 13.8. The maximum absolute atomic E-state index is 5.66. The van der Waals surface area contributed by atoms with E-state index in [2.05, 4.69) is 89.6 Å². The largest absolute Gasteiger partial charge is 0.497 e. The molecule has 3 aliphatic rings. The maximum atomic E-state index is 5.66. The Morgan fingerprint density at radius 1 is 0.719 bits per heavy atom. The molecular weight excluding hydrogens is 394 g/mol. The van der Waals surface area contributed by atoms with E-state index in [0.29, 0.717) is 0 Å². The highest BCUT2D eigenvalue weighted by molar-refractivity contribution is 5.56. The Bertz CT molecular complexity index is 1220. The van der Waals surface area contributed by atoms with Gasteiger partial charge in [-0.2, -0.15) is 4.57 Å². The summed E-state index contributed by atoms with van der Waals surface area (Å²) >= 11 is 0. The van der Waals surface area contributed by atoms with Crippen LogP contribution in [0.25, 0.3) is 0 Å². The van der Waals surface area contributed by atoms with Crippen LogP contribution in [0, 0.1) is 0 Å². The van der Waals surface area contributed by atoms with Gasteiger partial charge in [-0.3, -0.25) is 0 Å². The van der Waals surface area contributed by atoms with E-state index in [-0.39, 0.29) is 17.4 Å². The molecular formula is C29H26NO2+. The Kier molecular flexibility index (Phi) is 4.32. The normalized spacial score (nSPS) is 19.7. The fraction of sp³-hybridized carbons (Fsp3) is 0.207. The monoisotopic (exact) mass is 420 g/mol. The highest BCUT2D eigenvalue weighted by Crippen LogP contribution is 2.59. The molecule has 3 heteroatoms. The summed E-state index contributed by atoms with van der Waals surface area (Å²) in [7, 11) is 3.48. The van der Waals surface area contributed by atoms with Gasteiger partial charge in [-0.1, -0.05) is 54.6 Å². The van der Waals surface area contributed by atoms with Crippen LogP contribution in [0.15, 0.2) is 97.2 Å². The SMILES string of the molecule is COc1cccc(C2(c3cccc(OC)c3)C[C@@H]3c4ccccc4[C@H]2c2cccc[n+]23)c1. The molecule has 2 atom stereocenters.